The number of ether oxygens (including phenoxy) is 2. The van der Waals surface area contributed by atoms with Gasteiger partial charge in [-0.3, -0.25) is 4.90 Å². The molecule has 0 bridgehead atoms. The van der Waals surface area contributed by atoms with Crippen molar-refractivity contribution < 1.29 is 18.7 Å². The van der Waals surface area contributed by atoms with Crippen LogP contribution >= 0.6 is 0 Å². The molecule has 1 fully saturated rings. The molecule has 2 heterocycles. The van der Waals surface area contributed by atoms with Crippen LogP contribution in [0.2, 0.25) is 0 Å². The second-order valence-corrected chi connectivity index (χ2v) is 7.68. The van der Waals surface area contributed by atoms with E-state index in [-0.39, 0.29) is 6.61 Å². The van der Waals surface area contributed by atoms with Crippen molar-refractivity contribution in [1.29, 1.82) is 0 Å². The molecule has 0 atom stereocenters. The lowest BCUT2D eigenvalue weighted by Crippen LogP contribution is -2.35. The molecule has 6 nitrogen and oxygen atoms in total. The minimum atomic E-state index is -0.454. The molecule has 0 amide bonds. The maximum atomic E-state index is 12.5. The summed E-state index contributed by atoms with van der Waals surface area (Å²) in [5.41, 5.74) is 4.44. The van der Waals surface area contributed by atoms with Gasteiger partial charge in [0.2, 0.25) is 0 Å². The summed E-state index contributed by atoms with van der Waals surface area (Å²) in [5, 5.41) is 0.784. The predicted octanol–water partition coefficient (Wildman–Crippen LogP) is 3.60. The van der Waals surface area contributed by atoms with Crippen molar-refractivity contribution in [3.8, 4) is 0 Å². The number of nitrogens with zero attached hydrogens (tertiary/aromatic N) is 1. The van der Waals surface area contributed by atoms with Gasteiger partial charge >= 0.3 is 11.6 Å². The molecule has 2 aromatic carbocycles. The van der Waals surface area contributed by atoms with Crippen molar-refractivity contribution >= 4 is 16.9 Å². The van der Waals surface area contributed by atoms with Gasteiger partial charge in [0.1, 0.15) is 12.2 Å². The quantitative estimate of drug-likeness (QED) is 0.476. The third-order valence-electron chi connectivity index (χ3n) is 5.50. The van der Waals surface area contributed by atoms with Crippen LogP contribution in [0.15, 0.2) is 51.7 Å². The third kappa shape index (κ3) is 4.61. The minimum Gasteiger partial charge on any atom is -0.457 e. The number of esters is 1. The van der Waals surface area contributed by atoms with E-state index in [0.29, 0.717) is 16.7 Å². The van der Waals surface area contributed by atoms with Crippen LogP contribution in [-0.2, 0) is 22.6 Å². The lowest BCUT2D eigenvalue weighted by molar-refractivity contribution is 0.0342. The first-order chi connectivity index (χ1) is 14.5. The second kappa shape index (κ2) is 8.81. The molecule has 0 unspecified atom stereocenters. The van der Waals surface area contributed by atoms with Crippen molar-refractivity contribution in [2.75, 3.05) is 26.3 Å². The highest BCUT2D eigenvalue weighted by molar-refractivity contribution is 5.89. The normalized spacial score (nSPS) is 14.7. The van der Waals surface area contributed by atoms with Crippen molar-refractivity contribution in [3.05, 3.63) is 80.7 Å². The summed E-state index contributed by atoms with van der Waals surface area (Å²) in [4.78, 5) is 26.7. The number of morpholine rings is 1. The van der Waals surface area contributed by atoms with Gasteiger partial charge in [0.15, 0.2) is 0 Å². The van der Waals surface area contributed by atoms with E-state index in [1.54, 1.807) is 12.1 Å². The molecule has 1 aliphatic heterocycles. The number of carbonyl (C=O) groups excluding carboxylic acids is 1. The Hall–Kier alpha value is -2.96. The topological polar surface area (TPSA) is 69.0 Å². The maximum Gasteiger partial charge on any atom is 0.338 e. The van der Waals surface area contributed by atoms with E-state index in [4.69, 9.17) is 13.9 Å². The van der Waals surface area contributed by atoms with Gasteiger partial charge in [0.25, 0.3) is 0 Å². The summed E-state index contributed by atoms with van der Waals surface area (Å²) >= 11 is 0. The fraction of sp³-hybridized carbons (Fsp3) is 0.333. The molecule has 3 aromatic rings. The Morgan fingerprint density at radius 2 is 1.73 bits per heavy atom. The summed E-state index contributed by atoms with van der Waals surface area (Å²) in [6.07, 6.45) is 0. The fourth-order valence-electron chi connectivity index (χ4n) is 3.59. The summed E-state index contributed by atoms with van der Waals surface area (Å²) in [7, 11) is 0. The SMILES string of the molecule is Cc1cc2oc(=O)cc(COC(=O)c3ccc(CN4CCOCC4)cc3)c2cc1C. The highest BCUT2D eigenvalue weighted by Crippen LogP contribution is 2.22. The highest BCUT2D eigenvalue weighted by atomic mass is 16.5. The maximum absolute atomic E-state index is 12.5. The molecular formula is C24H25NO5. The van der Waals surface area contributed by atoms with Gasteiger partial charge in [-0.05, 0) is 54.8 Å². The molecular weight excluding hydrogens is 382 g/mol. The monoisotopic (exact) mass is 407 g/mol. The molecule has 4 rings (SSSR count). The zero-order valence-electron chi connectivity index (χ0n) is 17.3. The third-order valence-corrected chi connectivity index (χ3v) is 5.50. The van der Waals surface area contributed by atoms with Crippen LogP contribution in [0, 0.1) is 13.8 Å². The van der Waals surface area contributed by atoms with Crippen LogP contribution < -0.4 is 5.63 Å². The van der Waals surface area contributed by atoms with Crippen LogP contribution in [0.1, 0.15) is 32.6 Å². The Kier molecular flexibility index (Phi) is 5.97. The first kappa shape index (κ1) is 20.3. The van der Waals surface area contributed by atoms with Gasteiger partial charge in [-0.2, -0.15) is 0 Å². The first-order valence-electron chi connectivity index (χ1n) is 10.1. The lowest BCUT2D eigenvalue weighted by atomic mass is 10.0. The summed E-state index contributed by atoms with van der Waals surface area (Å²) in [6.45, 7) is 8.16. The van der Waals surface area contributed by atoms with E-state index in [1.807, 2.05) is 38.1 Å². The van der Waals surface area contributed by atoms with Crippen LogP contribution in [0.3, 0.4) is 0 Å². The van der Waals surface area contributed by atoms with E-state index in [1.165, 1.54) is 6.07 Å². The molecule has 1 saturated heterocycles. The summed E-state index contributed by atoms with van der Waals surface area (Å²) in [5.74, 6) is -0.418. The Balaban J connectivity index is 1.44. The number of fused-ring (bicyclic) bond motifs is 1. The van der Waals surface area contributed by atoms with Gasteiger partial charge in [-0.15, -0.1) is 0 Å². The summed E-state index contributed by atoms with van der Waals surface area (Å²) in [6, 6.07) is 12.6. The van der Waals surface area contributed by atoms with Crippen LogP contribution in [-0.4, -0.2) is 37.2 Å². The number of rotatable bonds is 5. The Morgan fingerprint density at radius 1 is 1.03 bits per heavy atom. The number of hydrogen-bond acceptors (Lipinski definition) is 6. The molecule has 0 radical (unpaired) electrons. The Morgan fingerprint density at radius 3 is 2.47 bits per heavy atom. The smallest absolute Gasteiger partial charge is 0.338 e. The zero-order valence-corrected chi connectivity index (χ0v) is 17.3. The predicted molar refractivity (Wildman–Crippen MR) is 114 cm³/mol. The van der Waals surface area contributed by atoms with Gasteiger partial charge < -0.3 is 13.9 Å². The van der Waals surface area contributed by atoms with Crippen LogP contribution in [0.25, 0.3) is 11.0 Å². The van der Waals surface area contributed by atoms with Crippen LogP contribution in [0.5, 0.6) is 0 Å². The minimum absolute atomic E-state index is 0.0129. The van der Waals surface area contributed by atoms with Crippen molar-refractivity contribution in [1.82, 2.24) is 4.90 Å². The Labute approximate surface area is 175 Å². The van der Waals surface area contributed by atoms with Gasteiger partial charge in [0.05, 0.1) is 18.8 Å². The lowest BCUT2D eigenvalue weighted by Gasteiger charge is -2.26. The highest BCUT2D eigenvalue weighted by Gasteiger charge is 2.14. The standard InChI is InChI=1S/C24H25NO5/c1-16-11-21-20(13-23(26)30-22(21)12-17(16)2)15-29-24(27)19-5-3-18(4-6-19)14-25-7-9-28-10-8-25/h3-6,11-13H,7-10,14-15H2,1-2H3. The second-order valence-electron chi connectivity index (χ2n) is 7.68. The molecule has 0 N–H and O–H groups in total. The van der Waals surface area contributed by atoms with Crippen LogP contribution in [0.4, 0.5) is 0 Å². The molecule has 6 heteroatoms. The zero-order chi connectivity index (χ0) is 21.1. The first-order valence-corrected chi connectivity index (χ1v) is 10.1. The number of aryl methyl sites for hydroxylation is 2. The number of benzene rings is 2. The van der Waals surface area contributed by atoms with Gasteiger partial charge in [0, 0.05) is 36.7 Å². The van der Waals surface area contributed by atoms with E-state index in [0.717, 1.165) is 54.9 Å². The number of hydrogen-bond donors (Lipinski definition) is 0. The average molecular weight is 407 g/mol. The molecule has 0 aliphatic carbocycles. The molecule has 1 aromatic heterocycles. The van der Waals surface area contributed by atoms with Crippen molar-refractivity contribution in [2.24, 2.45) is 0 Å². The van der Waals surface area contributed by atoms with E-state index in [2.05, 4.69) is 4.90 Å². The molecule has 1 aliphatic rings. The Bertz CT molecular complexity index is 1110. The average Bonchev–Trinajstić information content (AvgIpc) is 2.74. The van der Waals surface area contributed by atoms with Gasteiger partial charge in [-0.25, -0.2) is 9.59 Å². The molecule has 156 valence electrons. The number of carbonyl (C=O) groups is 1. The molecule has 30 heavy (non-hydrogen) atoms. The van der Waals surface area contributed by atoms with Gasteiger partial charge in [-0.1, -0.05) is 12.1 Å². The largest absolute Gasteiger partial charge is 0.457 e. The van der Waals surface area contributed by atoms with Crippen molar-refractivity contribution in [2.45, 2.75) is 27.0 Å². The van der Waals surface area contributed by atoms with E-state index < -0.39 is 11.6 Å². The van der Waals surface area contributed by atoms with E-state index in [9.17, 15) is 9.59 Å². The van der Waals surface area contributed by atoms with Crippen molar-refractivity contribution in [3.63, 3.8) is 0 Å². The molecule has 0 saturated carbocycles. The fourth-order valence-corrected chi connectivity index (χ4v) is 3.59. The molecule has 0 spiro atoms. The summed E-state index contributed by atoms with van der Waals surface area (Å²) < 4.78 is 16.2. The van der Waals surface area contributed by atoms with E-state index >= 15 is 0 Å².